The smallest absolute Gasteiger partial charge is 0.257 e. The van der Waals surface area contributed by atoms with Gasteiger partial charge in [-0.05, 0) is 49.2 Å². The van der Waals surface area contributed by atoms with Crippen LogP contribution in [0, 0.1) is 0 Å². The van der Waals surface area contributed by atoms with E-state index in [0.29, 0.717) is 25.3 Å². The molecule has 0 saturated carbocycles. The Balaban J connectivity index is 1.27. The highest BCUT2D eigenvalue weighted by molar-refractivity contribution is 5.77. The maximum atomic E-state index is 12.1. The zero-order valence-electron chi connectivity index (χ0n) is 18.7. The van der Waals surface area contributed by atoms with Gasteiger partial charge in [-0.2, -0.15) is 0 Å². The molecule has 4 aromatic rings. The lowest BCUT2D eigenvalue weighted by molar-refractivity contribution is -0.123. The molecule has 1 amide bonds. The van der Waals surface area contributed by atoms with E-state index in [-0.39, 0.29) is 12.5 Å². The number of unbranched alkanes of at least 4 members (excludes halogenated alkanes) is 1. The van der Waals surface area contributed by atoms with Crippen LogP contribution in [-0.2, 0) is 17.8 Å². The molecule has 0 radical (unpaired) electrons. The number of para-hydroxylation sites is 4. The summed E-state index contributed by atoms with van der Waals surface area (Å²) in [6.45, 7) is 2.06. The SMILES string of the molecule is O=C(COc1ccccc1)NCCc1nc2ccccc2n1CCCCOc1ccccc1. The molecule has 0 atom stereocenters. The number of carbonyl (C=O) groups is 1. The van der Waals surface area contributed by atoms with E-state index in [4.69, 9.17) is 14.5 Å². The van der Waals surface area contributed by atoms with E-state index >= 15 is 0 Å². The number of ether oxygens (including phenoxy) is 2. The first kappa shape index (κ1) is 22.4. The second kappa shape index (κ2) is 11.7. The van der Waals surface area contributed by atoms with Gasteiger partial charge in [-0.15, -0.1) is 0 Å². The predicted molar refractivity (Wildman–Crippen MR) is 130 cm³/mol. The fourth-order valence-corrected chi connectivity index (χ4v) is 3.67. The first-order chi connectivity index (χ1) is 16.3. The van der Waals surface area contributed by atoms with Gasteiger partial charge < -0.3 is 19.4 Å². The van der Waals surface area contributed by atoms with E-state index in [2.05, 4.69) is 16.0 Å². The number of fused-ring (bicyclic) bond motifs is 1. The first-order valence-corrected chi connectivity index (χ1v) is 11.4. The van der Waals surface area contributed by atoms with Crippen molar-refractivity contribution in [1.29, 1.82) is 0 Å². The molecule has 0 spiro atoms. The number of nitrogens with zero attached hydrogens (tertiary/aromatic N) is 2. The Morgan fingerprint density at radius 2 is 1.48 bits per heavy atom. The summed E-state index contributed by atoms with van der Waals surface area (Å²) in [5, 5.41) is 2.93. The van der Waals surface area contributed by atoms with Crippen LogP contribution in [0.5, 0.6) is 11.5 Å². The van der Waals surface area contributed by atoms with E-state index in [9.17, 15) is 4.79 Å². The van der Waals surface area contributed by atoms with E-state index < -0.39 is 0 Å². The Labute approximate surface area is 194 Å². The van der Waals surface area contributed by atoms with Crippen molar-refractivity contribution < 1.29 is 14.3 Å². The highest BCUT2D eigenvalue weighted by Crippen LogP contribution is 2.18. The third kappa shape index (κ3) is 6.59. The van der Waals surface area contributed by atoms with Crippen LogP contribution < -0.4 is 14.8 Å². The lowest BCUT2D eigenvalue weighted by Crippen LogP contribution is -2.31. The second-order valence-corrected chi connectivity index (χ2v) is 7.74. The van der Waals surface area contributed by atoms with Crippen molar-refractivity contribution in [1.82, 2.24) is 14.9 Å². The number of nitrogens with one attached hydrogen (secondary N) is 1. The molecule has 1 N–H and O–H groups in total. The summed E-state index contributed by atoms with van der Waals surface area (Å²) in [5.41, 5.74) is 2.10. The molecule has 6 nitrogen and oxygen atoms in total. The zero-order chi connectivity index (χ0) is 22.7. The normalized spacial score (nSPS) is 10.8. The number of aryl methyl sites for hydroxylation is 1. The Morgan fingerprint density at radius 3 is 2.24 bits per heavy atom. The van der Waals surface area contributed by atoms with Crippen molar-refractivity contribution in [2.75, 3.05) is 19.8 Å². The standard InChI is InChI=1S/C27H29N3O3/c31-27(21-33-23-13-5-2-6-14-23)28-18-17-26-29-24-15-7-8-16-25(24)30(26)19-9-10-20-32-22-11-3-1-4-12-22/h1-8,11-16H,9-10,17-21H2,(H,28,31). The molecule has 3 aromatic carbocycles. The van der Waals surface area contributed by atoms with Crippen LogP contribution >= 0.6 is 0 Å². The van der Waals surface area contributed by atoms with Gasteiger partial charge in [-0.25, -0.2) is 4.98 Å². The van der Waals surface area contributed by atoms with Gasteiger partial charge in [0.05, 0.1) is 17.6 Å². The fraction of sp³-hybridized carbons (Fsp3) is 0.259. The summed E-state index contributed by atoms with van der Waals surface area (Å²) in [7, 11) is 0. The maximum absolute atomic E-state index is 12.1. The largest absolute Gasteiger partial charge is 0.494 e. The molecule has 0 fully saturated rings. The molecule has 33 heavy (non-hydrogen) atoms. The molecule has 0 bridgehead atoms. The van der Waals surface area contributed by atoms with Gasteiger partial charge in [0, 0.05) is 19.5 Å². The van der Waals surface area contributed by atoms with Crippen LogP contribution in [0.2, 0.25) is 0 Å². The van der Waals surface area contributed by atoms with Gasteiger partial charge in [0.2, 0.25) is 0 Å². The Kier molecular flexibility index (Phi) is 7.95. The third-order valence-corrected chi connectivity index (χ3v) is 5.31. The van der Waals surface area contributed by atoms with Gasteiger partial charge >= 0.3 is 0 Å². The molecular formula is C27H29N3O3. The molecule has 6 heteroatoms. The maximum Gasteiger partial charge on any atom is 0.257 e. The van der Waals surface area contributed by atoms with Crippen molar-refractivity contribution in [2.45, 2.75) is 25.8 Å². The lowest BCUT2D eigenvalue weighted by Gasteiger charge is -2.11. The summed E-state index contributed by atoms with van der Waals surface area (Å²) < 4.78 is 13.6. The molecule has 0 saturated heterocycles. The number of hydrogen-bond acceptors (Lipinski definition) is 4. The average molecular weight is 444 g/mol. The minimum atomic E-state index is -0.139. The van der Waals surface area contributed by atoms with Crippen LogP contribution in [-0.4, -0.2) is 35.2 Å². The van der Waals surface area contributed by atoms with Crippen molar-refractivity contribution in [3.63, 3.8) is 0 Å². The third-order valence-electron chi connectivity index (χ3n) is 5.31. The molecule has 0 aliphatic rings. The molecule has 0 aliphatic heterocycles. The summed E-state index contributed by atoms with van der Waals surface area (Å²) in [4.78, 5) is 16.9. The molecule has 0 aliphatic carbocycles. The summed E-state index contributed by atoms with van der Waals surface area (Å²) in [6.07, 6.45) is 2.60. The molecule has 1 heterocycles. The van der Waals surface area contributed by atoms with E-state index in [1.807, 2.05) is 78.9 Å². The molecule has 1 aromatic heterocycles. The van der Waals surface area contributed by atoms with Crippen molar-refractivity contribution in [3.05, 3.63) is 90.8 Å². The average Bonchev–Trinajstić information content (AvgIpc) is 3.21. The van der Waals surface area contributed by atoms with Crippen molar-refractivity contribution >= 4 is 16.9 Å². The van der Waals surface area contributed by atoms with Crippen molar-refractivity contribution in [2.24, 2.45) is 0 Å². The number of rotatable bonds is 12. The quantitative estimate of drug-likeness (QED) is 0.324. The lowest BCUT2D eigenvalue weighted by atomic mass is 10.3. The van der Waals surface area contributed by atoms with Gasteiger partial charge in [-0.3, -0.25) is 4.79 Å². The van der Waals surface area contributed by atoms with Crippen LogP contribution in [0.15, 0.2) is 84.9 Å². The highest BCUT2D eigenvalue weighted by atomic mass is 16.5. The molecular weight excluding hydrogens is 414 g/mol. The topological polar surface area (TPSA) is 65.4 Å². The molecule has 4 rings (SSSR count). The monoisotopic (exact) mass is 443 g/mol. The number of benzene rings is 3. The van der Waals surface area contributed by atoms with E-state index in [1.54, 1.807) is 0 Å². The number of carbonyl (C=O) groups excluding carboxylic acids is 1. The summed E-state index contributed by atoms with van der Waals surface area (Å²) in [5.74, 6) is 2.42. The van der Waals surface area contributed by atoms with E-state index in [1.165, 1.54) is 0 Å². The Bertz CT molecular complexity index is 1140. The van der Waals surface area contributed by atoms with Crippen LogP contribution in [0.1, 0.15) is 18.7 Å². The Hall–Kier alpha value is -3.80. The summed E-state index contributed by atoms with van der Waals surface area (Å²) in [6, 6.07) is 27.4. The van der Waals surface area contributed by atoms with Crippen LogP contribution in [0.4, 0.5) is 0 Å². The Morgan fingerprint density at radius 1 is 0.818 bits per heavy atom. The highest BCUT2D eigenvalue weighted by Gasteiger charge is 2.11. The van der Waals surface area contributed by atoms with Gasteiger partial charge in [0.25, 0.3) is 5.91 Å². The van der Waals surface area contributed by atoms with Gasteiger partial charge in [0.15, 0.2) is 6.61 Å². The minimum Gasteiger partial charge on any atom is -0.494 e. The summed E-state index contributed by atoms with van der Waals surface area (Å²) >= 11 is 0. The first-order valence-electron chi connectivity index (χ1n) is 11.4. The number of amides is 1. The van der Waals surface area contributed by atoms with Crippen LogP contribution in [0.25, 0.3) is 11.0 Å². The predicted octanol–water partition coefficient (Wildman–Crippen LogP) is 4.63. The number of hydrogen-bond donors (Lipinski definition) is 1. The molecule has 0 unspecified atom stereocenters. The molecule has 170 valence electrons. The second-order valence-electron chi connectivity index (χ2n) is 7.74. The number of imidazole rings is 1. The zero-order valence-corrected chi connectivity index (χ0v) is 18.7. The van der Waals surface area contributed by atoms with Gasteiger partial charge in [0.1, 0.15) is 17.3 Å². The van der Waals surface area contributed by atoms with E-state index in [0.717, 1.165) is 42.0 Å². The van der Waals surface area contributed by atoms with Gasteiger partial charge in [-0.1, -0.05) is 48.5 Å². The van der Waals surface area contributed by atoms with Crippen molar-refractivity contribution in [3.8, 4) is 11.5 Å². The number of aromatic nitrogens is 2. The fourth-order valence-electron chi connectivity index (χ4n) is 3.67. The van der Waals surface area contributed by atoms with Crippen LogP contribution in [0.3, 0.4) is 0 Å². The minimum absolute atomic E-state index is 0.00183.